The number of nitriles is 1. The first-order valence-corrected chi connectivity index (χ1v) is 12.8. The largest absolute Gasteiger partial charge is 0.325 e. The summed E-state index contributed by atoms with van der Waals surface area (Å²) in [6.45, 7) is 0. The molecule has 1 heterocycles. The summed E-state index contributed by atoms with van der Waals surface area (Å²) in [4.78, 5) is 17.8. The summed E-state index contributed by atoms with van der Waals surface area (Å²) in [6.07, 6.45) is 0. The summed E-state index contributed by atoms with van der Waals surface area (Å²) in [5, 5.41) is 13.7. The van der Waals surface area contributed by atoms with Gasteiger partial charge in [0.05, 0.1) is 17.0 Å². The van der Waals surface area contributed by atoms with Crippen LogP contribution < -0.4 is 5.32 Å². The molecular weight excluding hydrogens is 474 g/mol. The molecule has 178 valence electrons. The summed E-state index contributed by atoms with van der Waals surface area (Å²) < 4.78 is 0. The second-order valence-electron chi connectivity index (χ2n) is 8.33. The second kappa shape index (κ2) is 11.4. The van der Waals surface area contributed by atoms with Gasteiger partial charge in [-0.15, -0.1) is 0 Å². The van der Waals surface area contributed by atoms with Crippen LogP contribution in [-0.2, 0) is 4.79 Å². The smallest absolute Gasteiger partial charge is 0.234 e. The zero-order valence-corrected chi connectivity index (χ0v) is 20.8. The number of para-hydroxylation sites is 1. The fourth-order valence-corrected chi connectivity index (χ4v) is 4.92. The van der Waals surface area contributed by atoms with Gasteiger partial charge in [0.15, 0.2) is 0 Å². The van der Waals surface area contributed by atoms with Crippen LogP contribution in [0.4, 0.5) is 5.69 Å². The Morgan fingerprint density at radius 2 is 1.27 bits per heavy atom. The molecular formula is C32H23N3OS. The molecule has 0 spiro atoms. The number of nitrogens with one attached hydrogen (secondary N) is 1. The predicted molar refractivity (Wildman–Crippen MR) is 151 cm³/mol. The molecule has 4 nitrogen and oxygen atoms in total. The maximum Gasteiger partial charge on any atom is 0.234 e. The van der Waals surface area contributed by atoms with Gasteiger partial charge in [0, 0.05) is 22.4 Å². The molecule has 5 rings (SSSR count). The van der Waals surface area contributed by atoms with Crippen molar-refractivity contribution in [3.63, 3.8) is 0 Å². The lowest BCUT2D eigenvalue weighted by Crippen LogP contribution is -2.15. The van der Waals surface area contributed by atoms with Crippen LogP contribution in [0.1, 0.15) is 5.56 Å². The van der Waals surface area contributed by atoms with Gasteiger partial charge in [-0.2, -0.15) is 5.26 Å². The molecule has 5 heteroatoms. The average Bonchev–Trinajstić information content (AvgIpc) is 2.97. The van der Waals surface area contributed by atoms with Gasteiger partial charge in [-0.3, -0.25) is 4.79 Å². The first-order valence-electron chi connectivity index (χ1n) is 11.9. The van der Waals surface area contributed by atoms with E-state index in [0.717, 1.165) is 39.2 Å². The van der Waals surface area contributed by atoms with Gasteiger partial charge in [-0.05, 0) is 23.3 Å². The summed E-state index contributed by atoms with van der Waals surface area (Å²) in [5.74, 6) is -0.0393. The lowest BCUT2D eigenvalue weighted by atomic mass is 9.99. The van der Waals surface area contributed by atoms with Crippen LogP contribution >= 0.6 is 11.8 Å². The standard InChI is InChI=1S/C32H23N3OS/c33-21-28-27(24-14-6-2-7-15-24)20-30(25-16-8-3-9-17-25)35-32(28)37-22-31(36)34-29-19-11-10-18-26(29)23-12-4-1-5-13-23/h1-20H,22H2,(H,34,36). The van der Waals surface area contributed by atoms with Crippen molar-refractivity contribution in [3.8, 4) is 39.6 Å². The number of thioether (sulfide) groups is 1. The normalized spacial score (nSPS) is 10.5. The molecule has 0 saturated carbocycles. The van der Waals surface area contributed by atoms with Crippen molar-refractivity contribution in [1.29, 1.82) is 5.26 Å². The number of aromatic nitrogens is 1. The molecule has 0 unspecified atom stereocenters. The minimum atomic E-state index is -0.162. The highest BCUT2D eigenvalue weighted by molar-refractivity contribution is 8.00. The van der Waals surface area contributed by atoms with Crippen LogP contribution in [0.2, 0.25) is 0 Å². The predicted octanol–water partition coefficient (Wildman–Crippen LogP) is 7.69. The van der Waals surface area contributed by atoms with E-state index in [1.807, 2.05) is 121 Å². The van der Waals surface area contributed by atoms with Gasteiger partial charge in [0.25, 0.3) is 0 Å². The zero-order chi connectivity index (χ0) is 25.5. The Morgan fingerprint density at radius 1 is 0.730 bits per heavy atom. The minimum absolute atomic E-state index is 0.122. The lowest BCUT2D eigenvalue weighted by molar-refractivity contribution is -0.113. The summed E-state index contributed by atoms with van der Waals surface area (Å²) in [7, 11) is 0. The maximum atomic E-state index is 13.0. The molecule has 0 aliphatic rings. The maximum absolute atomic E-state index is 13.0. The molecule has 0 atom stereocenters. The van der Waals surface area contributed by atoms with E-state index in [1.165, 1.54) is 11.8 Å². The number of hydrogen-bond donors (Lipinski definition) is 1. The van der Waals surface area contributed by atoms with Crippen LogP contribution in [0, 0.1) is 11.3 Å². The molecule has 0 saturated heterocycles. The average molecular weight is 498 g/mol. The van der Waals surface area contributed by atoms with Gasteiger partial charge in [0.2, 0.25) is 5.91 Å². The van der Waals surface area contributed by atoms with E-state index in [9.17, 15) is 10.1 Å². The molecule has 5 aromatic rings. The van der Waals surface area contributed by atoms with Crippen LogP contribution in [0.5, 0.6) is 0 Å². The third kappa shape index (κ3) is 5.61. The van der Waals surface area contributed by atoms with Crippen LogP contribution in [-0.4, -0.2) is 16.6 Å². The van der Waals surface area contributed by atoms with E-state index >= 15 is 0 Å². The third-order valence-corrected chi connectivity index (χ3v) is 6.85. The Labute approximate surface area is 220 Å². The fourth-order valence-electron chi connectivity index (χ4n) is 4.12. The van der Waals surface area contributed by atoms with Crippen molar-refractivity contribution in [2.75, 3.05) is 11.1 Å². The number of amides is 1. The number of anilines is 1. The Hall–Kier alpha value is -4.66. The Balaban J connectivity index is 1.44. The van der Waals surface area contributed by atoms with Crippen LogP contribution in [0.3, 0.4) is 0 Å². The van der Waals surface area contributed by atoms with Crippen LogP contribution in [0.15, 0.2) is 126 Å². The summed E-state index contributed by atoms with van der Waals surface area (Å²) >= 11 is 1.27. The first-order chi connectivity index (χ1) is 18.2. The molecule has 0 bridgehead atoms. The molecule has 1 aromatic heterocycles. The topological polar surface area (TPSA) is 65.8 Å². The van der Waals surface area contributed by atoms with Gasteiger partial charge in [0.1, 0.15) is 11.1 Å². The zero-order valence-electron chi connectivity index (χ0n) is 20.0. The second-order valence-corrected chi connectivity index (χ2v) is 9.29. The molecule has 1 N–H and O–H groups in total. The lowest BCUT2D eigenvalue weighted by Gasteiger charge is -2.13. The Bertz CT molecular complexity index is 1560. The van der Waals surface area contributed by atoms with Gasteiger partial charge >= 0.3 is 0 Å². The molecule has 37 heavy (non-hydrogen) atoms. The highest BCUT2D eigenvalue weighted by Crippen LogP contribution is 2.34. The fraction of sp³-hybridized carbons (Fsp3) is 0.0312. The van der Waals surface area contributed by atoms with E-state index in [0.29, 0.717) is 10.6 Å². The molecule has 4 aromatic carbocycles. The monoisotopic (exact) mass is 497 g/mol. The Kier molecular flexibility index (Phi) is 7.40. The number of benzene rings is 4. The van der Waals surface area contributed by atoms with E-state index in [4.69, 9.17) is 4.98 Å². The molecule has 0 aliphatic heterocycles. The number of rotatable bonds is 7. The SMILES string of the molecule is N#Cc1c(-c2ccccc2)cc(-c2ccccc2)nc1SCC(=O)Nc1ccccc1-c1ccccc1. The Morgan fingerprint density at radius 3 is 1.89 bits per heavy atom. The van der Waals surface area contributed by atoms with Crippen molar-refractivity contribution in [2.24, 2.45) is 0 Å². The van der Waals surface area contributed by atoms with Crippen molar-refractivity contribution in [1.82, 2.24) is 4.98 Å². The number of nitrogens with zero attached hydrogens (tertiary/aromatic N) is 2. The molecule has 0 radical (unpaired) electrons. The summed E-state index contributed by atoms with van der Waals surface area (Å²) in [6, 6.07) is 41.6. The summed E-state index contributed by atoms with van der Waals surface area (Å²) in [5.41, 5.74) is 6.64. The van der Waals surface area contributed by atoms with Crippen molar-refractivity contribution in [2.45, 2.75) is 5.03 Å². The van der Waals surface area contributed by atoms with Gasteiger partial charge in [-0.1, -0.05) is 121 Å². The number of hydrogen-bond acceptors (Lipinski definition) is 4. The van der Waals surface area contributed by atoms with Crippen molar-refractivity contribution < 1.29 is 4.79 Å². The number of carbonyl (C=O) groups is 1. The highest BCUT2D eigenvalue weighted by atomic mass is 32.2. The quantitative estimate of drug-likeness (QED) is 0.234. The van der Waals surface area contributed by atoms with E-state index in [-0.39, 0.29) is 11.7 Å². The third-order valence-electron chi connectivity index (χ3n) is 5.88. The first kappa shape index (κ1) is 24.1. The van der Waals surface area contributed by atoms with E-state index in [1.54, 1.807) is 0 Å². The number of carbonyl (C=O) groups excluding carboxylic acids is 1. The molecule has 0 fully saturated rings. The van der Waals surface area contributed by atoms with Gasteiger partial charge < -0.3 is 5.32 Å². The molecule has 0 aliphatic carbocycles. The number of pyridine rings is 1. The minimum Gasteiger partial charge on any atom is -0.325 e. The van der Waals surface area contributed by atoms with E-state index in [2.05, 4.69) is 11.4 Å². The van der Waals surface area contributed by atoms with Crippen LogP contribution in [0.25, 0.3) is 33.5 Å². The van der Waals surface area contributed by atoms with E-state index < -0.39 is 0 Å². The molecule has 1 amide bonds. The highest BCUT2D eigenvalue weighted by Gasteiger charge is 2.17. The van der Waals surface area contributed by atoms with Gasteiger partial charge in [-0.25, -0.2) is 4.98 Å². The van der Waals surface area contributed by atoms with Crippen molar-refractivity contribution >= 4 is 23.4 Å². The van der Waals surface area contributed by atoms with Crippen molar-refractivity contribution in [3.05, 3.63) is 127 Å².